The molecule has 50 heavy (non-hydrogen) atoms. The Hall–Kier alpha value is -4.13. The summed E-state index contributed by atoms with van der Waals surface area (Å²) in [6.45, 7) is 20.2. The molecule has 0 spiro atoms. The summed E-state index contributed by atoms with van der Waals surface area (Å²) in [6, 6.07) is 20.0. The van der Waals surface area contributed by atoms with Gasteiger partial charge in [-0.3, -0.25) is 29.0 Å². The molecule has 2 heterocycles. The highest BCUT2D eigenvalue weighted by atomic mass is 28.4. The molecular weight excluding hydrogens is 643 g/mol. The van der Waals surface area contributed by atoms with Crippen LogP contribution in [0.15, 0.2) is 86.0 Å². The summed E-state index contributed by atoms with van der Waals surface area (Å²) in [7, 11) is -1.88. The molecule has 2 aliphatic heterocycles. The minimum absolute atomic E-state index is 0.0775. The van der Waals surface area contributed by atoms with E-state index in [1.807, 2.05) is 24.3 Å². The summed E-state index contributed by atoms with van der Waals surface area (Å²) < 4.78 is 6.35. The summed E-state index contributed by atoms with van der Waals surface area (Å²) >= 11 is 0. The molecule has 0 bridgehead atoms. The van der Waals surface area contributed by atoms with Gasteiger partial charge in [-0.1, -0.05) is 69.3 Å². The Kier molecular flexibility index (Phi) is 14.3. The van der Waals surface area contributed by atoms with Crippen LogP contribution in [-0.2, 0) is 14.0 Å². The Morgan fingerprint density at radius 1 is 0.820 bits per heavy atom. The zero-order chi connectivity index (χ0) is 37.0. The van der Waals surface area contributed by atoms with E-state index in [9.17, 15) is 19.2 Å². The topological polar surface area (TPSA) is 108 Å². The molecule has 2 fully saturated rings. The minimum atomic E-state index is -1.88. The second-order valence-electron chi connectivity index (χ2n) is 15.0. The maximum atomic E-state index is 13.4. The molecule has 2 aromatic rings. The van der Waals surface area contributed by atoms with E-state index in [0.717, 1.165) is 19.3 Å². The standard InChI is InChI=1S/C23H35NO3Si.C18H20N2O2/c1-7-14-23(16-18-27-28(5,6)22(2,3)4)15-11-17-24(21(23)26)20(25)19-12-9-8-10-13-19;1-2-10-18(11-6-13-19)12-7-14-20(17(18)22)16(21)15-8-4-3-5-9-15/h7-10,12-13H,1,11,14-18H2,2-6H3;2-5,8-9H,1,6-7,10-12,14H2/t23-;18-/m10/s1. The molecule has 4 rings (SSSR count). The van der Waals surface area contributed by atoms with Gasteiger partial charge in [-0.2, -0.15) is 5.26 Å². The van der Waals surface area contributed by atoms with Crippen LogP contribution >= 0.6 is 0 Å². The van der Waals surface area contributed by atoms with E-state index in [1.165, 1.54) is 9.80 Å². The van der Waals surface area contributed by atoms with Crippen molar-refractivity contribution in [2.45, 2.75) is 96.7 Å². The average Bonchev–Trinajstić information content (AvgIpc) is 3.10. The number of hydrogen-bond donors (Lipinski definition) is 0. The van der Waals surface area contributed by atoms with Gasteiger partial charge >= 0.3 is 0 Å². The Balaban J connectivity index is 0.000000278. The molecule has 2 atom stereocenters. The normalized spacial score (nSPS) is 21.0. The van der Waals surface area contributed by atoms with Crippen molar-refractivity contribution in [2.75, 3.05) is 19.7 Å². The van der Waals surface area contributed by atoms with Crippen molar-refractivity contribution in [1.82, 2.24) is 9.80 Å². The van der Waals surface area contributed by atoms with Crippen molar-refractivity contribution in [2.24, 2.45) is 10.8 Å². The van der Waals surface area contributed by atoms with Crippen LogP contribution in [0.4, 0.5) is 0 Å². The Bertz CT molecular complexity index is 1550. The summed E-state index contributed by atoms with van der Waals surface area (Å²) in [5.41, 5.74) is -0.166. The van der Waals surface area contributed by atoms with Gasteiger partial charge < -0.3 is 4.43 Å². The van der Waals surface area contributed by atoms with Gasteiger partial charge in [0, 0.05) is 37.2 Å². The lowest BCUT2D eigenvalue weighted by Gasteiger charge is -2.42. The molecule has 0 aromatic heterocycles. The number of rotatable bonds is 12. The molecule has 268 valence electrons. The molecule has 2 aliphatic rings. The highest BCUT2D eigenvalue weighted by molar-refractivity contribution is 6.74. The SMILES string of the molecule is C=CC[C@]1(CCC#N)CCCN(C(=O)c2ccccc2)C1=O.C=CC[C@]1(CCO[Si](C)(C)C(C)(C)C)CCCN(C(=O)c2ccccc2)C1=O. The maximum absolute atomic E-state index is 13.4. The average molecular weight is 698 g/mol. The summed E-state index contributed by atoms with van der Waals surface area (Å²) in [5, 5.41) is 8.98. The highest BCUT2D eigenvalue weighted by Crippen LogP contribution is 2.42. The number of allylic oxidation sites excluding steroid dienone is 2. The van der Waals surface area contributed by atoms with Crippen LogP contribution in [0.25, 0.3) is 0 Å². The summed E-state index contributed by atoms with van der Waals surface area (Å²) in [4.78, 5) is 54.6. The fourth-order valence-corrected chi connectivity index (χ4v) is 7.66. The highest BCUT2D eigenvalue weighted by Gasteiger charge is 2.46. The van der Waals surface area contributed by atoms with E-state index in [1.54, 1.807) is 48.6 Å². The Labute approximate surface area is 300 Å². The van der Waals surface area contributed by atoms with E-state index in [-0.39, 0.29) is 28.7 Å². The third-order valence-electron chi connectivity index (χ3n) is 10.6. The second kappa shape index (κ2) is 17.7. The Morgan fingerprint density at radius 2 is 1.24 bits per heavy atom. The maximum Gasteiger partial charge on any atom is 0.260 e. The van der Waals surface area contributed by atoms with Gasteiger partial charge in [0.2, 0.25) is 11.8 Å². The monoisotopic (exact) mass is 697 g/mol. The van der Waals surface area contributed by atoms with Gasteiger partial charge in [0.15, 0.2) is 8.32 Å². The van der Waals surface area contributed by atoms with Crippen molar-refractivity contribution in [1.29, 1.82) is 5.26 Å². The first-order valence-electron chi connectivity index (χ1n) is 17.7. The third kappa shape index (κ3) is 9.55. The van der Waals surface area contributed by atoms with Gasteiger partial charge in [0.1, 0.15) is 0 Å². The predicted molar refractivity (Wildman–Crippen MR) is 201 cm³/mol. The molecule has 0 aliphatic carbocycles. The van der Waals surface area contributed by atoms with Crippen LogP contribution in [0, 0.1) is 22.2 Å². The van der Waals surface area contributed by atoms with Crippen LogP contribution in [0.1, 0.15) is 99.3 Å². The van der Waals surface area contributed by atoms with Crippen LogP contribution in [0.3, 0.4) is 0 Å². The minimum Gasteiger partial charge on any atom is -0.417 e. The number of amides is 4. The fourth-order valence-electron chi connectivity index (χ4n) is 6.61. The summed E-state index contributed by atoms with van der Waals surface area (Å²) in [5.74, 6) is -0.700. The third-order valence-corrected chi connectivity index (χ3v) is 15.2. The number of nitriles is 1. The smallest absolute Gasteiger partial charge is 0.260 e. The lowest BCUT2D eigenvalue weighted by atomic mass is 9.73. The van der Waals surface area contributed by atoms with Crippen molar-refractivity contribution >= 4 is 31.9 Å². The molecular formula is C41H55N3O5Si. The lowest BCUT2D eigenvalue weighted by molar-refractivity contribution is -0.144. The number of likely N-dealkylation sites (tertiary alicyclic amines) is 2. The largest absolute Gasteiger partial charge is 0.417 e. The van der Waals surface area contributed by atoms with Gasteiger partial charge in [-0.15, -0.1) is 13.2 Å². The van der Waals surface area contributed by atoms with Crippen LogP contribution in [-0.4, -0.2) is 61.4 Å². The number of carbonyl (C=O) groups excluding carboxylic acids is 4. The molecule has 4 amide bonds. The Morgan fingerprint density at radius 3 is 1.62 bits per heavy atom. The molecule has 2 aromatic carbocycles. The van der Waals surface area contributed by atoms with Crippen LogP contribution in [0.5, 0.6) is 0 Å². The van der Waals surface area contributed by atoms with Gasteiger partial charge in [-0.25, -0.2) is 0 Å². The first-order chi connectivity index (χ1) is 23.7. The summed E-state index contributed by atoms with van der Waals surface area (Å²) in [6.07, 6.45) is 9.09. The van der Waals surface area contributed by atoms with Crippen molar-refractivity contribution in [3.05, 3.63) is 97.1 Å². The van der Waals surface area contributed by atoms with Crippen molar-refractivity contribution in [3.8, 4) is 6.07 Å². The molecule has 2 saturated heterocycles. The molecule has 0 radical (unpaired) electrons. The van der Waals surface area contributed by atoms with Crippen molar-refractivity contribution < 1.29 is 23.6 Å². The first-order valence-corrected chi connectivity index (χ1v) is 20.6. The zero-order valence-corrected chi connectivity index (χ0v) is 31.7. The van der Waals surface area contributed by atoms with Crippen LogP contribution in [0.2, 0.25) is 18.1 Å². The quantitative estimate of drug-likeness (QED) is 0.125. The number of benzene rings is 2. The second-order valence-corrected chi connectivity index (χ2v) is 19.8. The van der Waals surface area contributed by atoms with E-state index in [0.29, 0.717) is 69.3 Å². The first kappa shape index (κ1) is 40.3. The van der Waals surface area contributed by atoms with E-state index >= 15 is 0 Å². The number of hydrogen-bond acceptors (Lipinski definition) is 6. The van der Waals surface area contributed by atoms with E-state index in [2.05, 4.69) is 53.1 Å². The fraction of sp³-hybridized carbons (Fsp3) is 0.488. The molecule has 0 unspecified atom stereocenters. The van der Waals surface area contributed by atoms with E-state index in [4.69, 9.17) is 9.69 Å². The molecule has 0 saturated carbocycles. The van der Waals surface area contributed by atoms with E-state index < -0.39 is 19.1 Å². The number of piperidine rings is 2. The van der Waals surface area contributed by atoms with Gasteiger partial charge in [0.05, 0.1) is 16.9 Å². The zero-order valence-electron chi connectivity index (χ0n) is 30.7. The predicted octanol–water partition coefficient (Wildman–Crippen LogP) is 8.74. The molecule has 8 nitrogen and oxygen atoms in total. The number of nitrogens with zero attached hydrogens (tertiary/aromatic N) is 3. The molecule has 9 heteroatoms. The number of carbonyl (C=O) groups is 4. The molecule has 0 N–H and O–H groups in total. The van der Waals surface area contributed by atoms with Crippen molar-refractivity contribution in [3.63, 3.8) is 0 Å². The van der Waals surface area contributed by atoms with Gasteiger partial charge in [-0.05, 0) is 93.8 Å². The number of imide groups is 2. The van der Waals surface area contributed by atoms with Gasteiger partial charge in [0.25, 0.3) is 11.8 Å². The lowest BCUT2D eigenvalue weighted by Crippen LogP contribution is -2.52. The van der Waals surface area contributed by atoms with Crippen LogP contribution < -0.4 is 0 Å².